The van der Waals surface area contributed by atoms with Crippen LogP contribution in [0.3, 0.4) is 0 Å². The zero-order valence-corrected chi connectivity index (χ0v) is 31.7. The van der Waals surface area contributed by atoms with E-state index in [0.29, 0.717) is 11.6 Å². The SMILES string of the molecule is Clc1cc2[nH]nc(NCC3CC4C=CC3C4)c2cc1-c1ccccc1.Clc1cc2[nH]nc(NCc3ccc(-c4ccccc4)cc3)c2cc1-c1ccccc1. The molecule has 0 amide bonds. The fraction of sp³-hybridized carbons (Fsp3) is 0.149. The number of nitrogens with one attached hydrogen (secondary N) is 4. The maximum atomic E-state index is 6.52. The third kappa shape index (κ3) is 7.48. The van der Waals surface area contributed by atoms with E-state index in [2.05, 4.69) is 128 Å². The Hall–Kier alpha value is -5.82. The number of allylic oxidation sites excluding steroid dienone is 2. The number of fused-ring (bicyclic) bond motifs is 4. The van der Waals surface area contributed by atoms with Gasteiger partial charge in [0.25, 0.3) is 0 Å². The summed E-state index contributed by atoms with van der Waals surface area (Å²) in [5, 5.41) is 25.7. The highest BCUT2D eigenvalue weighted by Gasteiger charge is 2.35. The molecule has 1 fully saturated rings. The first kappa shape index (κ1) is 34.9. The van der Waals surface area contributed by atoms with Gasteiger partial charge in [-0.3, -0.25) is 10.2 Å². The molecule has 2 heterocycles. The number of anilines is 2. The lowest BCUT2D eigenvalue weighted by molar-refractivity contribution is 0.471. The lowest BCUT2D eigenvalue weighted by Gasteiger charge is -2.18. The summed E-state index contributed by atoms with van der Waals surface area (Å²) in [7, 11) is 0. The molecule has 0 radical (unpaired) electrons. The van der Waals surface area contributed by atoms with Gasteiger partial charge in [-0.1, -0.05) is 151 Å². The zero-order valence-electron chi connectivity index (χ0n) is 30.1. The standard InChI is InChI=1S/C26H20ClN3.C21H20ClN3/c27-24-16-25-23(15-22(24)21-9-5-2-6-10-21)26(30-29-25)28-17-18-11-13-20(14-12-18)19-7-3-1-4-8-19;22-19-11-20-18(10-17(19)14-4-2-1-3-5-14)21(25-24-20)23-12-16-9-13-6-7-15(16)8-13/h1-16H,17H2,(H2,28,29,30);1-7,10-11,13,15-16H,8-9,12H2,(H2,23,24,25). The Morgan fingerprint density at radius 2 is 1.05 bits per heavy atom. The molecular weight excluding hydrogens is 719 g/mol. The molecule has 1 saturated carbocycles. The number of nitrogens with zero attached hydrogens (tertiary/aromatic N) is 2. The number of benzene rings is 6. The van der Waals surface area contributed by atoms with Crippen LogP contribution in [-0.2, 0) is 6.54 Å². The van der Waals surface area contributed by atoms with Crippen molar-refractivity contribution in [2.45, 2.75) is 19.4 Å². The van der Waals surface area contributed by atoms with Crippen LogP contribution in [0.2, 0.25) is 10.0 Å². The van der Waals surface area contributed by atoms with Gasteiger partial charge >= 0.3 is 0 Å². The largest absolute Gasteiger partial charge is 0.368 e. The Labute approximate surface area is 330 Å². The minimum absolute atomic E-state index is 0.693. The van der Waals surface area contributed by atoms with Crippen molar-refractivity contribution >= 4 is 56.6 Å². The summed E-state index contributed by atoms with van der Waals surface area (Å²) >= 11 is 13.0. The van der Waals surface area contributed by atoms with E-state index in [4.69, 9.17) is 23.2 Å². The number of halogens is 2. The predicted molar refractivity (Wildman–Crippen MR) is 230 cm³/mol. The second-order valence-electron chi connectivity index (χ2n) is 14.5. The Morgan fingerprint density at radius 3 is 1.56 bits per heavy atom. The smallest absolute Gasteiger partial charge is 0.156 e. The van der Waals surface area contributed by atoms with Crippen molar-refractivity contribution in [1.82, 2.24) is 20.4 Å². The summed E-state index contributed by atoms with van der Waals surface area (Å²) in [6.07, 6.45) is 7.43. The fourth-order valence-corrected chi connectivity index (χ4v) is 8.56. The molecule has 10 rings (SSSR count). The lowest BCUT2D eigenvalue weighted by Crippen LogP contribution is -2.18. The predicted octanol–water partition coefficient (Wildman–Crippen LogP) is 12.7. The lowest BCUT2D eigenvalue weighted by atomic mass is 9.93. The van der Waals surface area contributed by atoms with E-state index in [9.17, 15) is 0 Å². The summed E-state index contributed by atoms with van der Waals surface area (Å²) in [4.78, 5) is 0. The first-order chi connectivity index (χ1) is 27.1. The Balaban J connectivity index is 0.000000147. The number of aromatic nitrogens is 4. The quantitative estimate of drug-likeness (QED) is 0.110. The molecule has 4 N–H and O–H groups in total. The average molecular weight is 760 g/mol. The van der Waals surface area contributed by atoms with Gasteiger partial charge < -0.3 is 10.6 Å². The van der Waals surface area contributed by atoms with Crippen LogP contribution in [0.1, 0.15) is 18.4 Å². The molecule has 272 valence electrons. The maximum Gasteiger partial charge on any atom is 0.156 e. The number of aromatic amines is 2. The highest BCUT2D eigenvalue weighted by Crippen LogP contribution is 2.43. The van der Waals surface area contributed by atoms with Crippen LogP contribution in [-0.4, -0.2) is 26.9 Å². The average Bonchev–Trinajstić information content (AvgIpc) is 4.05. The number of hydrogen-bond donors (Lipinski definition) is 4. The van der Waals surface area contributed by atoms with Crippen molar-refractivity contribution in [2.24, 2.45) is 17.8 Å². The summed E-state index contributed by atoms with van der Waals surface area (Å²) in [5.41, 5.74) is 9.79. The van der Waals surface area contributed by atoms with Gasteiger partial charge in [0.2, 0.25) is 0 Å². The number of hydrogen-bond acceptors (Lipinski definition) is 4. The molecule has 0 saturated heterocycles. The molecule has 55 heavy (non-hydrogen) atoms. The van der Waals surface area contributed by atoms with Crippen LogP contribution < -0.4 is 10.6 Å². The van der Waals surface area contributed by atoms with Crippen molar-refractivity contribution < 1.29 is 0 Å². The first-order valence-electron chi connectivity index (χ1n) is 18.8. The Morgan fingerprint density at radius 1 is 0.545 bits per heavy atom. The summed E-state index contributed by atoms with van der Waals surface area (Å²) < 4.78 is 0. The third-order valence-electron chi connectivity index (χ3n) is 10.9. The molecule has 3 unspecified atom stereocenters. The van der Waals surface area contributed by atoms with Gasteiger partial charge in [-0.15, -0.1) is 0 Å². The Bertz CT molecular complexity index is 2580. The van der Waals surface area contributed by atoms with Crippen LogP contribution in [0.5, 0.6) is 0 Å². The molecule has 3 atom stereocenters. The van der Waals surface area contributed by atoms with Crippen LogP contribution in [0.15, 0.2) is 152 Å². The van der Waals surface area contributed by atoms with Crippen molar-refractivity contribution in [2.75, 3.05) is 17.2 Å². The minimum atomic E-state index is 0.693. The van der Waals surface area contributed by atoms with Gasteiger partial charge in [-0.2, -0.15) is 10.2 Å². The van der Waals surface area contributed by atoms with Crippen molar-refractivity contribution in [3.05, 3.63) is 167 Å². The van der Waals surface area contributed by atoms with E-state index in [1.807, 2.05) is 54.6 Å². The van der Waals surface area contributed by atoms with Gasteiger partial charge in [-0.05, 0) is 82.7 Å². The van der Waals surface area contributed by atoms with E-state index in [1.165, 1.54) is 29.5 Å². The molecule has 6 nitrogen and oxygen atoms in total. The molecule has 0 spiro atoms. The molecule has 8 heteroatoms. The van der Waals surface area contributed by atoms with Gasteiger partial charge in [0.15, 0.2) is 11.6 Å². The molecule has 2 aromatic heterocycles. The Kier molecular flexibility index (Phi) is 9.84. The maximum absolute atomic E-state index is 6.52. The van der Waals surface area contributed by atoms with Crippen LogP contribution in [0.4, 0.5) is 11.6 Å². The van der Waals surface area contributed by atoms with E-state index >= 15 is 0 Å². The normalized spacial score (nSPS) is 17.0. The van der Waals surface area contributed by atoms with E-state index in [1.54, 1.807) is 0 Å². The van der Waals surface area contributed by atoms with E-state index in [-0.39, 0.29) is 0 Å². The highest BCUT2D eigenvalue weighted by molar-refractivity contribution is 6.34. The number of H-pyrrole nitrogens is 2. The summed E-state index contributed by atoms with van der Waals surface area (Å²) in [6, 6.07) is 47.6. The zero-order chi connectivity index (χ0) is 37.1. The van der Waals surface area contributed by atoms with Gasteiger partial charge in [0.1, 0.15) is 0 Å². The monoisotopic (exact) mass is 758 g/mol. The second-order valence-corrected chi connectivity index (χ2v) is 15.3. The second kappa shape index (κ2) is 15.5. The van der Waals surface area contributed by atoms with Crippen LogP contribution >= 0.6 is 23.2 Å². The fourth-order valence-electron chi connectivity index (χ4n) is 8.01. The number of rotatable bonds is 9. The van der Waals surface area contributed by atoms with Gasteiger partial charge in [0, 0.05) is 35.0 Å². The first-order valence-corrected chi connectivity index (χ1v) is 19.6. The van der Waals surface area contributed by atoms with Gasteiger partial charge in [-0.25, -0.2) is 0 Å². The third-order valence-corrected chi connectivity index (χ3v) is 11.6. The van der Waals surface area contributed by atoms with Crippen molar-refractivity contribution in [1.29, 1.82) is 0 Å². The van der Waals surface area contributed by atoms with Gasteiger partial charge in [0.05, 0.1) is 21.1 Å². The van der Waals surface area contributed by atoms with Crippen molar-refractivity contribution in [3.8, 4) is 33.4 Å². The van der Waals surface area contributed by atoms with Crippen molar-refractivity contribution in [3.63, 3.8) is 0 Å². The highest BCUT2D eigenvalue weighted by atomic mass is 35.5. The summed E-state index contributed by atoms with van der Waals surface area (Å²) in [6.45, 7) is 1.67. The van der Waals surface area contributed by atoms with Crippen LogP contribution in [0, 0.1) is 17.8 Å². The molecular formula is C47H40Cl2N6. The molecule has 8 aromatic rings. The van der Waals surface area contributed by atoms with Crippen LogP contribution in [0.25, 0.3) is 55.2 Å². The molecule has 6 aromatic carbocycles. The topological polar surface area (TPSA) is 81.4 Å². The summed E-state index contributed by atoms with van der Waals surface area (Å²) in [5.74, 6) is 4.03. The molecule has 2 aliphatic carbocycles. The minimum Gasteiger partial charge on any atom is -0.368 e. The molecule has 2 aliphatic rings. The van der Waals surface area contributed by atoms with E-state index < -0.39 is 0 Å². The molecule has 0 aliphatic heterocycles. The van der Waals surface area contributed by atoms with E-state index in [0.717, 1.165) is 85.0 Å². The molecule has 2 bridgehead atoms.